The number of aliphatic hydroxyl groups excluding tert-OH is 1. The lowest BCUT2D eigenvalue weighted by atomic mass is 10.1. The zero-order valence-corrected chi connectivity index (χ0v) is 10.3. The van der Waals surface area contributed by atoms with Gasteiger partial charge in [-0.1, -0.05) is 13.8 Å². The van der Waals surface area contributed by atoms with Crippen molar-refractivity contribution in [2.24, 2.45) is 11.8 Å². The summed E-state index contributed by atoms with van der Waals surface area (Å²) in [6.07, 6.45) is 2.64. The van der Waals surface area contributed by atoms with E-state index in [2.05, 4.69) is 26.2 Å². The highest BCUT2D eigenvalue weighted by atomic mass is 32.2. The minimum atomic E-state index is 0.323. The van der Waals surface area contributed by atoms with Gasteiger partial charge in [-0.15, -0.1) is 0 Å². The standard InChI is InChI=1S/C11H23NOS/c1-8(6-13)7-14-11-5-4-10(12-3)9(11)2/h8-13H,4-7H2,1-3H3. The van der Waals surface area contributed by atoms with Crippen LogP contribution in [-0.2, 0) is 0 Å². The highest BCUT2D eigenvalue weighted by Gasteiger charge is 2.31. The number of aliphatic hydroxyl groups is 1. The highest BCUT2D eigenvalue weighted by Crippen LogP contribution is 2.35. The van der Waals surface area contributed by atoms with Crippen LogP contribution in [0.1, 0.15) is 26.7 Å². The molecule has 4 atom stereocenters. The second-order valence-corrected chi connectivity index (χ2v) is 5.76. The van der Waals surface area contributed by atoms with Crippen LogP contribution in [0.15, 0.2) is 0 Å². The van der Waals surface area contributed by atoms with E-state index in [1.54, 1.807) is 0 Å². The molecule has 4 unspecified atom stereocenters. The third-order valence-electron chi connectivity index (χ3n) is 3.26. The molecule has 0 amide bonds. The number of rotatable bonds is 5. The van der Waals surface area contributed by atoms with Crippen molar-refractivity contribution in [1.82, 2.24) is 5.32 Å². The predicted octanol–water partition coefficient (Wildman–Crippen LogP) is 1.73. The summed E-state index contributed by atoms with van der Waals surface area (Å²) >= 11 is 2.04. The summed E-state index contributed by atoms with van der Waals surface area (Å²) in [5.74, 6) is 2.32. The van der Waals surface area contributed by atoms with Crippen molar-refractivity contribution in [3.05, 3.63) is 0 Å². The fourth-order valence-electron chi connectivity index (χ4n) is 2.11. The summed E-state index contributed by atoms with van der Waals surface area (Å²) in [7, 11) is 2.06. The van der Waals surface area contributed by atoms with Gasteiger partial charge >= 0.3 is 0 Å². The smallest absolute Gasteiger partial charge is 0.0464 e. The maximum Gasteiger partial charge on any atom is 0.0464 e. The van der Waals surface area contributed by atoms with Crippen LogP contribution < -0.4 is 5.32 Å². The normalized spacial score (nSPS) is 34.7. The molecule has 1 rings (SSSR count). The SMILES string of the molecule is CNC1CCC(SCC(C)CO)C1C. The molecule has 3 heteroatoms. The molecule has 0 heterocycles. The van der Waals surface area contributed by atoms with Crippen molar-refractivity contribution in [1.29, 1.82) is 0 Å². The van der Waals surface area contributed by atoms with Gasteiger partial charge in [0.05, 0.1) is 0 Å². The summed E-state index contributed by atoms with van der Waals surface area (Å²) in [5.41, 5.74) is 0. The third kappa shape index (κ3) is 3.14. The van der Waals surface area contributed by atoms with Crippen LogP contribution in [0.2, 0.25) is 0 Å². The molecule has 1 saturated carbocycles. The summed E-state index contributed by atoms with van der Waals surface area (Å²) < 4.78 is 0. The van der Waals surface area contributed by atoms with Gasteiger partial charge in [0.2, 0.25) is 0 Å². The molecule has 0 aliphatic heterocycles. The van der Waals surface area contributed by atoms with E-state index in [9.17, 15) is 0 Å². The average Bonchev–Trinajstić information content (AvgIpc) is 2.56. The number of nitrogens with one attached hydrogen (secondary N) is 1. The molecule has 1 aliphatic rings. The minimum absolute atomic E-state index is 0.323. The van der Waals surface area contributed by atoms with Crippen LogP contribution >= 0.6 is 11.8 Å². The van der Waals surface area contributed by atoms with E-state index in [-0.39, 0.29) is 0 Å². The predicted molar refractivity (Wildman–Crippen MR) is 63.7 cm³/mol. The van der Waals surface area contributed by atoms with E-state index in [0.29, 0.717) is 18.6 Å². The van der Waals surface area contributed by atoms with Gasteiger partial charge < -0.3 is 10.4 Å². The Morgan fingerprint density at radius 3 is 2.71 bits per heavy atom. The van der Waals surface area contributed by atoms with Crippen LogP contribution in [0.5, 0.6) is 0 Å². The van der Waals surface area contributed by atoms with Crippen molar-refractivity contribution in [2.75, 3.05) is 19.4 Å². The largest absolute Gasteiger partial charge is 0.396 e. The Kier molecular flexibility index (Phi) is 5.28. The first-order valence-corrected chi connectivity index (χ1v) is 6.63. The molecule has 0 bridgehead atoms. The summed E-state index contributed by atoms with van der Waals surface area (Å²) in [4.78, 5) is 0. The molecule has 0 spiro atoms. The quantitative estimate of drug-likeness (QED) is 0.735. The van der Waals surface area contributed by atoms with Crippen LogP contribution in [0, 0.1) is 11.8 Å². The van der Waals surface area contributed by atoms with Crippen LogP contribution in [0.25, 0.3) is 0 Å². The fraction of sp³-hybridized carbons (Fsp3) is 1.00. The first kappa shape index (κ1) is 12.3. The van der Waals surface area contributed by atoms with Gasteiger partial charge in [-0.05, 0) is 37.5 Å². The number of thioether (sulfide) groups is 1. The zero-order chi connectivity index (χ0) is 10.6. The van der Waals surface area contributed by atoms with E-state index in [1.165, 1.54) is 12.8 Å². The molecular formula is C11H23NOS. The van der Waals surface area contributed by atoms with Crippen molar-refractivity contribution < 1.29 is 5.11 Å². The monoisotopic (exact) mass is 217 g/mol. The van der Waals surface area contributed by atoms with Crippen LogP contribution in [0.3, 0.4) is 0 Å². The topological polar surface area (TPSA) is 32.3 Å². The van der Waals surface area contributed by atoms with E-state index in [1.807, 2.05) is 11.8 Å². The molecule has 14 heavy (non-hydrogen) atoms. The van der Waals surface area contributed by atoms with E-state index < -0.39 is 0 Å². The lowest BCUT2D eigenvalue weighted by Gasteiger charge is -2.20. The Labute approximate surface area is 91.9 Å². The molecule has 1 fully saturated rings. The van der Waals surface area contributed by atoms with Crippen molar-refractivity contribution >= 4 is 11.8 Å². The third-order valence-corrected chi connectivity index (χ3v) is 5.12. The number of hydrogen-bond acceptors (Lipinski definition) is 3. The first-order chi connectivity index (χ1) is 6.69. The van der Waals surface area contributed by atoms with Gasteiger partial charge in [0.1, 0.15) is 0 Å². The Bertz CT molecular complexity index is 165. The van der Waals surface area contributed by atoms with Crippen LogP contribution in [-0.4, -0.2) is 35.8 Å². The fourth-order valence-corrected chi connectivity index (χ4v) is 3.59. The molecule has 0 aromatic heterocycles. The van der Waals surface area contributed by atoms with Gasteiger partial charge in [0.15, 0.2) is 0 Å². The van der Waals surface area contributed by atoms with E-state index >= 15 is 0 Å². The van der Waals surface area contributed by atoms with Crippen molar-refractivity contribution in [3.63, 3.8) is 0 Å². The minimum Gasteiger partial charge on any atom is -0.396 e. The first-order valence-electron chi connectivity index (χ1n) is 5.58. The molecule has 0 radical (unpaired) electrons. The highest BCUT2D eigenvalue weighted by molar-refractivity contribution is 7.99. The van der Waals surface area contributed by atoms with E-state index in [4.69, 9.17) is 5.11 Å². The molecular weight excluding hydrogens is 194 g/mol. The summed E-state index contributed by atoms with van der Waals surface area (Å²) in [5, 5.41) is 13.1. The Balaban J connectivity index is 2.26. The molecule has 84 valence electrons. The summed E-state index contributed by atoms with van der Waals surface area (Å²) in [6.45, 7) is 4.78. The van der Waals surface area contributed by atoms with Gasteiger partial charge in [-0.2, -0.15) is 11.8 Å². The Morgan fingerprint density at radius 1 is 1.50 bits per heavy atom. The second-order valence-electron chi connectivity index (χ2n) is 4.49. The number of hydrogen-bond donors (Lipinski definition) is 2. The molecule has 2 nitrogen and oxygen atoms in total. The maximum absolute atomic E-state index is 8.95. The lowest BCUT2D eigenvalue weighted by molar-refractivity contribution is 0.250. The van der Waals surface area contributed by atoms with Gasteiger partial charge in [-0.3, -0.25) is 0 Å². The van der Waals surface area contributed by atoms with E-state index in [0.717, 1.165) is 16.9 Å². The maximum atomic E-state index is 8.95. The molecule has 1 aliphatic carbocycles. The molecule has 0 aromatic rings. The van der Waals surface area contributed by atoms with Gasteiger partial charge in [0, 0.05) is 17.9 Å². The molecule has 0 saturated heterocycles. The van der Waals surface area contributed by atoms with Gasteiger partial charge in [-0.25, -0.2) is 0 Å². The summed E-state index contributed by atoms with van der Waals surface area (Å²) in [6, 6.07) is 0.705. The molecule has 2 N–H and O–H groups in total. The zero-order valence-electron chi connectivity index (χ0n) is 9.49. The van der Waals surface area contributed by atoms with Crippen molar-refractivity contribution in [3.8, 4) is 0 Å². The van der Waals surface area contributed by atoms with Gasteiger partial charge in [0.25, 0.3) is 0 Å². The average molecular weight is 217 g/mol. The Hall–Kier alpha value is 0.270. The molecule has 0 aromatic carbocycles. The van der Waals surface area contributed by atoms with Crippen molar-refractivity contribution in [2.45, 2.75) is 38.0 Å². The lowest BCUT2D eigenvalue weighted by Crippen LogP contribution is -2.30. The Morgan fingerprint density at radius 2 is 2.21 bits per heavy atom. The second kappa shape index (κ2) is 5.99. The van der Waals surface area contributed by atoms with Crippen LogP contribution in [0.4, 0.5) is 0 Å².